The Bertz CT molecular complexity index is 647. The number of hydrogen-bond donors (Lipinski definition) is 5. The highest BCUT2D eigenvalue weighted by molar-refractivity contribution is 5.94. The Hall–Kier alpha value is -2.09. The quantitative estimate of drug-likeness (QED) is 0.380. The Balaban J connectivity index is 2.45. The van der Waals surface area contributed by atoms with Crippen molar-refractivity contribution >= 4 is 11.5 Å². The van der Waals surface area contributed by atoms with E-state index in [-0.39, 0.29) is 0 Å². The molecule has 138 valence electrons. The van der Waals surface area contributed by atoms with Gasteiger partial charge in [-0.15, -0.1) is 0 Å². The van der Waals surface area contributed by atoms with Gasteiger partial charge in [0, 0.05) is 36.1 Å². The lowest BCUT2D eigenvalue weighted by Gasteiger charge is -2.36. The Morgan fingerprint density at radius 3 is 2.44 bits per heavy atom. The Morgan fingerprint density at radius 1 is 1.20 bits per heavy atom. The third kappa shape index (κ3) is 4.50. The normalized spacial score (nSPS) is 19.9. The lowest BCUT2D eigenvalue weighted by molar-refractivity contribution is 0.224. The van der Waals surface area contributed by atoms with Crippen LogP contribution in [-0.4, -0.2) is 24.0 Å². The zero-order valence-corrected chi connectivity index (χ0v) is 15.7. The first-order valence-corrected chi connectivity index (χ1v) is 8.94. The highest BCUT2D eigenvalue weighted by atomic mass is 15.7. The van der Waals surface area contributed by atoms with Gasteiger partial charge in [-0.2, -0.15) is 0 Å². The van der Waals surface area contributed by atoms with Crippen LogP contribution in [0.1, 0.15) is 44.7 Å². The number of nitrogen functional groups attached to an aromatic ring is 1. The van der Waals surface area contributed by atoms with Crippen LogP contribution in [0, 0.1) is 6.92 Å². The van der Waals surface area contributed by atoms with Crippen molar-refractivity contribution in [2.24, 2.45) is 10.7 Å². The van der Waals surface area contributed by atoms with Gasteiger partial charge in [0.25, 0.3) is 0 Å². The molecule has 0 spiro atoms. The summed E-state index contributed by atoms with van der Waals surface area (Å²) in [6, 6.07) is 5.79. The van der Waals surface area contributed by atoms with E-state index in [0.29, 0.717) is 0 Å². The van der Waals surface area contributed by atoms with Crippen molar-refractivity contribution in [3.63, 3.8) is 0 Å². The first-order chi connectivity index (χ1) is 11.9. The molecule has 1 unspecified atom stereocenters. The molecule has 0 bridgehead atoms. The molecule has 0 saturated heterocycles. The second kappa shape index (κ2) is 8.33. The molecule has 25 heavy (non-hydrogen) atoms. The third-order valence-corrected chi connectivity index (χ3v) is 4.04. The van der Waals surface area contributed by atoms with Gasteiger partial charge >= 0.3 is 0 Å². The van der Waals surface area contributed by atoms with Gasteiger partial charge < -0.3 is 11.1 Å². The minimum Gasteiger partial charge on any atom is -0.399 e. The number of aryl methyl sites for hydroxylation is 1. The van der Waals surface area contributed by atoms with Gasteiger partial charge in [-0.1, -0.05) is 33.3 Å². The maximum Gasteiger partial charge on any atom is 0.211 e. The van der Waals surface area contributed by atoms with Gasteiger partial charge in [-0.25, -0.2) is 21.0 Å². The fraction of sp³-hybridized carbons (Fsp3) is 0.500. The van der Waals surface area contributed by atoms with E-state index in [1.165, 1.54) is 0 Å². The van der Waals surface area contributed by atoms with E-state index in [9.17, 15) is 0 Å². The topological polar surface area (TPSA) is 104 Å². The summed E-state index contributed by atoms with van der Waals surface area (Å²) >= 11 is 0. The molecular formula is C18H31N7. The Morgan fingerprint density at radius 2 is 1.88 bits per heavy atom. The monoisotopic (exact) mass is 345 g/mol. The number of nitrogens with two attached hydrogens (primary N) is 2. The fourth-order valence-electron chi connectivity index (χ4n) is 2.78. The van der Waals surface area contributed by atoms with Gasteiger partial charge in [-0.05, 0) is 31.0 Å². The molecule has 1 aromatic carbocycles. The minimum atomic E-state index is -1.03. The summed E-state index contributed by atoms with van der Waals surface area (Å²) in [5.74, 6) is -0.279. The second-order valence-electron chi connectivity index (χ2n) is 6.21. The number of nitrogens with one attached hydrogen (secondary N) is 3. The molecule has 7 N–H and O–H groups in total. The average molecular weight is 345 g/mol. The predicted octanol–water partition coefficient (Wildman–Crippen LogP) is 1.68. The number of benzene rings is 1. The number of anilines is 1. The first-order valence-electron chi connectivity index (χ1n) is 8.94. The SMILES string of the molecule is CCCC1=CC(N(NCC)NCC)=NC(N)(c2ccc(N)c(C)c2)N1. The Labute approximate surface area is 150 Å². The number of nitrogens with zero attached hydrogens (tertiary/aromatic N) is 2. The Kier molecular flexibility index (Phi) is 6.41. The summed E-state index contributed by atoms with van der Waals surface area (Å²) in [5.41, 5.74) is 22.8. The minimum absolute atomic E-state index is 0.749. The van der Waals surface area contributed by atoms with Crippen LogP contribution >= 0.6 is 0 Å². The molecule has 1 atom stereocenters. The van der Waals surface area contributed by atoms with Crippen LogP contribution in [0.5, 0.6) is 0 Å². The number of allylic oxidation sites excluding steroid dienone is 1. The molecule has 1 aliphatic rings. The summed E-state index contributed by atoms with van der Waals surface area (Å²) in [6.45, 7) is 9.75. The maximum absolute atomic E-state index is 6.68. The molecule has 0 radical (unpaired) electrons. The molecular weight excluding hydrogens is 314 g/mol. The molecule has 2 rings (SSSR count). The first kappa shape index (κ1) is 19.2. The third-order valence-electron chi connectivity index (χ3n) is 4.04. The van der Waals surface area contributed by atoms with Crippen molar-refractivity contribution in [3.05, 3.63) is 41.1 Å². The number of rotatable bonds is 7. The number of hydrogen-bond acceptors (Lipinski definition) is 7. The van der Waals surface area contributed by atoms with Crippen LogP contribution in [0.15, 0.2) is 35.0 Å². The number of hydrazine groups is 2. The van der Waals surface area contributed by atoms with E-state index in [1.54, 1.807) is 0 Å². The summed E-state index contributed by atoms with van der Waals surface area (Å²) in [4.78, 5) is 4.79. The van der Waals surface area contributed by atoms with E-state index in [4.69, 9.17) is 16.5 Å². The van der Waals surface area contributed by atoms with Crippen molar-refractivity contribution in [2.75, 3.05) is 18.8 Å². The molecule has 0 fully saturated rings. The lowest BCUT2D eigenvalue weighted by Crippen LogP contribution is -2.57. The van der Waals surface area contributed by atoms with Crippen LogP contribution in [-0.2, 0) is 5.79 Å². The summed E-state index contributed by atoms with van der Waals surface area (Å²) in [5, 5.41) is 5.23. The molecule has 0 saturated carbocycles. The summed E-state index contributed by atoms with van der Waals surface area (Å²) in [7, 11) is 0. The molecule has 1 aromatic rings. The summed E-state index contributed by atoms with van der Waals surface area (Å²) < 4.78 is 0. The van der Waals surface area contributed by atoms with E-state index in [0.717, 1.165) is 54.3 Å². The van der Waals surface area contributed by atoms with Crippen LogP contribution < -0.4 is 27.6 Å². The molecule has 0 aliphatic carbocycles. The highest BCUT2D eigenvalue weighted by Gasteiger charge is 2.32. The number of amidine groups is 1. The van der Waals surface area contributed by atoms with E-state index >= 15 is 0 Å². The van der Waals surface area contributed by atoms with Crippen molar-refractivity contribution in [3.8, 4) is 0 Å². The smallest absolute Gasteiger partial charge is 0.211 e. The second-order valence-corrected chi connectivity index (χ2v) is 6.21. The average Bonchev–Trinajstić information content (AvgIpc) is 2.57. The van der Waals surface area contributed by atoms with E-state index in [1.807, 2.05) is 50.2 Å². The van der Waals surface area contributed by atoms with Gasteiger partial charge in [0.05, 0.1) is 0 Å². The lowest BCUT2D eigenvalue weighted by atomic mass is 10.0. The van der Waals surface area contributed by atoms with E-state index in [2.05, 4.69) is 23.1 Å². The zero-order chi connectivity index (χ0) is 18.4. The molecule has 1 heterocycles. The van der Waals surface area contributed by atoms with E-state index < -0.39 is 5.79 Å². The fourth-order valence-corrected chi connectivity index (χ4v) is 2.78. The number of aliphatic imine (C=N–C) groups is 1. The van der Waals surface area contributed by atoms with Gasteiger partial charge in [0.1, 0.15) is 0 Å². The highest BCUT2D eigenvalue weighted by Crippen LogP contribution is 2.26. The maximum atomic E-state index is 6.68. The van der Waals surface area contributed by atoms with Crippen LogP contribution in [0.2, 0.25) is 0 Å². The largest absolute Gasteiger partial charge is 0.399 e. The molecule has 7 heteroatoms. The van der Waals surface area contributed by atoms with Crippen molar-refractivity contribution in [1.29, 1.82) is 0 Å². The van der Waals surface area contributed by atoms with Gasteiger partial charge in [0.2, 0.25) is 5.79 Å². The van der Waals surface area contributed by atoms with Crippen LogP contribution in [0.3, 0.4) is 0 Å². The summed E-state index contributed by atoms with van der Waals surface area (Å²) in [6.07, 6.45) is 3.95. The molecule has 7 nitrogen and oxygen atoms in total. The van der Waals surface area contributed by atoms with Crippen LogP contribution in [0.25, 0.3) is 0 Å². The van der Waals surface area contributed by atoms with Crippen molar-refractivity contribution in [2.45, 2.75) is 46.3 Å². The standard InChI is InChI=1S/C18H31N7/c1-5-8-15-12-17(25(21-6-2)22-7-3)24-18(20,23-15)14-9-10-16(19)13(4)11-14/h9-12,21-23H,5-8,19-20H2,1-4H3. The molecule has 0 aromatic heterocycles. The van der Waals surface area contributed by atoms with Crippen molar-refractivity contribution < 1.29 is 0 Å². The molecule has 1 aliphatic heterocycles. The van der Waals surface area contributed by atoms with Crippen molar-refractivity contribution in [1.82, 2.24) is 21.3 Å². The van der Waals surface area contributed by atoms with Gasteiger partial charge in [0.15, 0.2) is 5.84 Å². The predicted molar refractivity (Wildman–Crippen MR) is 104 cm³/mol. The molecule has 0 amide bonds. The zero-order valence-electron chi connectivity index (χ0n) is 15.7. The van der Waals surface area contributed by atoms with Gasteiger partial charge in [-0.3, -0.25) is 5.73 Å². The van der Waals surface area contributed by atoms with Crippen LogP contribution in [0.4, 0.5) is 5.69 Å².